The average molecular weight is 391 g/mol. The van der Waals surface area contributed by atoms with Crippen LogP contribution in [0.15, 0.2) is 42.5 Å². The zero-order valence-corrected chi connectivity index (χ0v) is 16.6. The molecule has 0 bridgehead atoms. The van der Waals surface area contributed by atoms with Crippen LogP contribution in [0.2, 0.25) is 0 Å². The fraction of sp³-hybridized carbons (Fsp3) is 0.391. The molecule has 0 saturated carbocycles. The third-order valence-electron chi connectivity index (χ3n) is 5.49. The highest BCUT2D eigenvalue weighted by atomic mass is 16.5. The van der Waals surface area contributed by atoms with Gasteiger partial charge in [-0.1, -0.05) is 12.1 Å². The summed E-state index contributed by atoms with van der Waals surface area (Å²) >= 11 is 0. The van der Waals surface area contributed by atoms with Crippen LogP contribution < -0.4 is 9.47 Å². The number of piperazine rings is 1. The number of hydrogen-bond acceptors (Lipinski definition) is 5. The van der Waals surface area contributed by atoms with Crippen molar-refractivity contribution >= 4 is 5.91 Å². The lowest BCUT2D eigenvalue weighted by atomic mass is 10.1. The summed E-state index contributed by atoms with van der Waals surface area (Å²) in [5, 5.41) is 8.86. The predicted octanol–water partition coefficient (Wildman–Crippen LogP) is 2.60. The minimum Gasteiger partial charge on any atom is -0.493 e. The van der Waals surface area contributed by atoms with Gasteiger partial charge in [0, 0.05) is 39.1 Å². The van der Waals surface area contributed by atoms with Gasteiger partial charge in [-0.3, -0.25) is 9.69 Å². The fourth-order valence-electron chi connectivity index (χ4n) is 3.84. The number of carbonyl (C=O) groups is 1. The second-order valence-corrected chi connectivity index (χ2v) is 7.54. The number of nitriles is 1. The molecule has 6 heteroatoms. The van der Waals surface area contributed by atoms with E-state index in [-0.39, 0.29) is 5.91 Å². The minimum atomic E-state index is -0.550. The lowest BCUT2D eigenvalue weighted by Gasteiger charge is -2.36. The first-order chi connectivity index (χ1) is 14.1. The summed E-state index contributed by atoms with van der Waals surface area (Å²) in [6.45, 7) is 6.56. The molecule has 2 aliphatic heterocycles. The number of hydrogen-bond donors (Lipinski definition) is 0. The molecule has 0 N–H and O–H groups in total. The van der Waals surface area contributed by atoms with Gasteiger partial charge in [-0.2, -0.15) is 5.26 Å². The van der Waals surface area contributed by atoms with Crippen LogP contribution in [-0.4, -0.2) is 54.6 Å². The third kappa shape index (κ3) is 4.52. The van der Waals surface area contributed by atoms with E-state index in [2.05, 4.69) is 29.2 Å². The molecule has 150 valence electrons. The van der Waals surface area contributed by atoms with Crippen LogP contribution in [0.4, 0.5) is 0 Å². The van der Waals surface area contributed by atoms with Crippen LogP contribution in [0.3, 0.4) is 0 Å². The van der Waals surface area contributed by atoms with E-state index in [4.69, 9.17) is 14.7 Å². The van der Waals surface area contributed by atoms with Gasteiger partial charge < -0.3 is 14.4 Å². The van der Waals surface area contributed by atoms with Crippen LogP contribution in [-0.2, 0) is 17.8 Å². The number of rotatable bonds is 5. The lowest BCUT2D eigenvalue weighted by Crippen LogP contribution is -2.51. The van der Waals surface area contributed by atoms with Crippen LogP contribution >= 0.6 is 0 Å². The van der Waals surface area contributed by atoms with Gasteiger partial charge in [0.05, 0.1) is 18.2 Å². The Kier molecular flexibility index (Phi) is 5.68. The molecule has 29 heavy (non-hydrogen) atoms. The number of ether oxygens (including phenoxy) is 2. The summed E-state index contributed by atoms with van der Waals surface area (Å²) in [6.07, 6.45) is 0.439. The van der Waals surface area contributed by atoms with Crippen LogP contribution in [0.25, 0.3) is 0 Å². The van der Waals surface area contributed by atoms with Gasteiger partial charge in [0.25, 0.3) is 5.91 Å². The first-order valence-corrected chi connectivity index (χ1v) is 10.0. The van der Waals surface area contributed by atoms with E-state index in [9.17, 15) is 4.79 Å². The smallest absolute Gasteiger partial charge is 0.263 e. The monoisotopic (exact) mass is 391 g/mol. The molecule has 1 fully saturated rings. The van der Waals surface area contributed by atoms with Gasteiger partial charge >= 0.3 is 0 Å². The van der Waals surface area contributed by atoms with Crippen LogP contribution in [0.5, 0.6) is 11.5 Å². The Morgan fingerprint density at radius 2 is 1.93 bits per heavy atom. The number of carbonyl (C=O) groups excluding carboxylic acids is 1. The highest BCUT2D eigenvalue weighted by molar-refractivity contribution is 5.81. The molecule has 4 rings (SSSR count). The molecule has 2 heterocycles. The van der Waals surface area contributed by atoms with Crippen LogP contribution in [0.1, 0.15) is 23.6 Å². The van der Waals surface area contributed by atoms with Crippen molar-refractivity contribution in [2.75, 3.05) is 32.8 Å². The van der Waals surface area contributed by atoms with E-state index in [0.717, 1.165) is 38.4 Å². The molecule has 6 nitrogen and oxygen atoms in total. The molecule has 1 saturated heterocycles. The van der Waals surface area contributed by atoms with Gasteiger partial charge in [-0.25, -0.2) is 0 Å². The zero-order chi connectivity index (χ0) is 20.2. The SMILES string of the molecule is C[C@H](Oc1ccc(C#N)cc1)C(=O)N1CCN(Cc2ccc3c(c2)CCO3)CC1. The van der Waals surface area contributed by atoms with Crippen molar-refractivity contribution in [3.8, 4) is 17.6 Å². The van der Waals surface area contributed by atoms with Gasteiger partial charge in [0.15, 0.2) is 6.10 Å². The molecule has 0 unspecified atom stereocenters. The third-order valence-corrected chi connectivity index (χ3v) is 5.49. The van der Waals surface area contributed by atoms with E-state index >= 15 is 0 Å². The van der Waals surface area contributed by atoms with E-state index in [1.54, 1.807) is 31.2 Å². The normalized spacial score (nSPS) is 17.2. The van der Waals surface area contributed by atoms with Gasteiger partial charge in [-0.15, -0.1) is 0 Å². The van der Waals surface area contributed by atoms with Gasteiger partial charge in [0.2, 0.25) is 0 Å². The Bertz CT molecular complexity index is 912. The van der Waals surface area contributed by atoms with Crippen LogP contribution in [0, 0.1) is 11.3 Å². The standard InChI is InChI=1S/C23H25N3O3/c1-17(29-21-5-2-18(15-24)3-6-21)23(27)26-11-9-25(10-12-26)16-19-4-7-22-20(14-19)8-13-28-22/h2-7,14,17H,8-13,16H2,1H3/t17-/m0/s1. The molecule has 2 aliphatic rings. The second kappa shape index (κ2) is 8.54. The maximum atomic E-state index is 12.7. The summed E-state index contributed by atoms with van der Waals surface area (Å²) in [6, 6.07) is 15.4. The summed E-state index contributed by atoms with van der Waals surface area (Å²) in [5.74, 6) is 1.62. The number of fused-ring (bicyclic) bond motifs is 1. The maximum Gasteiger partial charge on any atom is 0.263 e. The van der Waals surface area contributed by atoms with Crippen molar-refractivity contribution in [3.05, 3.63) is 59.2 Å². The molecule has 2 aromatic carbocycles. The summed E-state index contributed by atoms with van der Waals surface area (Å²) in [7, 11) is 0. The molecule has 1 amide bonds. The second-order valence-electron chi connectivity index (χ2n) is 7.54. The Labute approximate surface area is 171 Å². The molecule has 0 spiro atoms. The lowest BCUT2D eigenvalue weighted by molar-refractivity contribution is -0.139. The minimum absolute atomic E-state index is 0.00342. The van der Waals surface area contributed by atoms with E-state index in [1.165, 1.54) is 11.1 Å². The van der Waals surface area contributed by atoms with Crippen molar-refractivity contribution < 1.29 is 14.3 Å². The fourth-order valence-corrected chi connectivity index (χ4v) is 3.84. The number of nitrogens with zero attached hydrogens (tertiary/aromatic N) is 3. The topological polar surface area (TPSA) is 65.8 Å². The van der Waals surface area contributed by atoms with Crippen molar-refractivity contribution in [2.45, 2.75) is 26.0 Å². The predicted molar refractivity (Wildman–Crippen MR) is 109 cm³/mol. The Hall–Kier alpha value is -3.04. The largest absolute Gasteiger partial charge is 0.493 e. The van der Waals surface area contributed by atoms with E-state index in [0.29, 0.717) is 24.4 Å². The highest BCUT2D eigenvalue weighted by Crippen LogP contribution is 2.26. The number of benzene rings is 2. The Morgan fingerprint density at radius 1 is 1.17 bits per heavy atom. The average Bonchev–Trinajstić information content (AvgIpc) is 3.22. The first kappa shape index (κ1) is 19.3. The summed E-state index contributed by atoms with van der Waals surface area (Å²) < 4.78 is 11.3. The highest BCUT2D eigenvalue weighted by Gasteiger charge is 2.26. The molecular formula is C23H25N3O3. The molecule has 0 aromatic heterocycles. The molecule has 2 aromatic rings. The number of amides is 1. The van der Waals surface area contributed by atoms with Crippen molar-refractivity contribution in [2.24, 2.45) is 0 Å². The summed E-state index contributed by atoms with van der Waals surface area (Å²) in [5.41, 5.74) is 3.17. The van der Waals surface area contributed by atoms with E-state index < -0.39 is 6.10 Å². The zero-order valence-electron chi connectivity index (χ0n) is 16.6. The molecule has 0 radical (unpaired) electrons. The summed E-state index contributed by atoms with van der Waals surface area (Å²) in [4.78, 5) is 17.0. The van der Waals surface area contributed by atoms with Crippen molar-refractivity contribution in [3.63, 3.8) is 0 Å². The van der Waals surface area contributed by atoms with E-state index in [1.807, 2.05) is 4.90 Å². The molecule has 1 atom stereocenters. The van der Waals surface area contributed by atoms with Gasteiger partial charge in [-0.05, 0) is 48.4 Å². The maximum absolute atomic E-state index is 12.7. The Morgan fingerprint density at radius 3 is 2.66 bits per heavy atom. The van der Waals surface area contributed by atoms with Crippen molar-refractivity contribution in [1.29, 1.82) is 5.26 Å². The molecule has 0 aliphatic carbocycles. The van der Waals surface area contributed by atoms with Crippen molar-refractivity contribution in [1.82, 2.24) is 9.80 Å². The Balaban J connectivity index is 1.27. The molecular weight excluding hydrogens is 366 g/mol. The van der Waals surface area contributed by atoms with Gasteiger partial charge in [0.1, 0.15) is 11.5 Å². The first-order valence-electron chi connectivity index (χ1n) is 10.0. The quantitative estimate of drug-likeness (QED) is 0.784.